The SMILES string of the molecule is CC(C)c1ccc(NN)c(N)c1. The number of rotatable bonds is 2. The van der Waals surface area contributed by atoms with Gasteiger partial charge in [0.15, 0.2) is 0 Å². The maximum atomic E-state index is 5.73. The molecule has 66 valence electrons. The van der Waals surface area contributed by atoms with Crippen molar-refractivity contribution in [2.75, 3.05) is 11.2 Å². The molecule has 12 heavy (non-hydrogen) atoms. The second-order valence-corrected chi connectivity index (χ2v) is 3.15. The zero-order chi connectivity index (χ0) is 9.14. The van der Waals surface area contributed by atoms with E-state index in [4.69, 9.17) is 11.6 Å². The maximum Gasteiger partial charge on any atom is 0.0716 e. The highest BCUT2D eigenvalue weighted by molar-refractivity contribution is 5.66. The predicted octanol–water partition coefficient (Wildman–Crippen LogP) is 1.68. The molecule has 3 nitrogen and oxygen atoms in total. The summed E-state index contributed by atoms with van der Waals surface area (Å²) in [4.78, 5) is 0. The molecule has 0 fully saturated rings. The first-order valence-electron chi connectivity index (χ1n) is 4.01. The third-order valence-electron chi connectivity index (χ3n) is 1.90. The third-order valence-corrected chi connectivity index (χ3v) is 1.90. The minimum atomic E-state index is 0.499. The second-order valence-electron chi connectivity index (χ2n) is 3.15. The van der Waals surface area contributed by atoms with Gasteiger partial charge in [0.25, 0.3) is 0 Å². The standard InChI is InChI=1S/C9H15N3/c1-6(2)7-3-4-9(12-11)8(10)5-7/h3-6,12H,10-11H2,1-2H3. The lowest BCUT2D eigenvalue weighted by molar-refractivity contribution is 0.867. The average Bonchev–Trinajstić information content (AvgIpc) is 2.04. The first-order valence-corrected chi connectivity index (χ1v) is 4.01. The number of nitrogens with two attached hydrogens (primary N) is 2. The van der Waals surface area contributed by atoms with Crippen molar-refractivity contribution in [1.29, 1.82) is 0 Å². The van der Waals surface area contributed by atoms with E-state index >= 15 is 0 Å². The zero-order valence-corrected chi connectivity index (χ0v) is 7.46. The van der Waals surface area contributed by atoms with Crippen molar-refractivity contribution in [1.82, 2.24) is 0 Å². The van der Waals surface area contributed by atoms with Crippen LogP contribution in [0.1, 0.15) is 25.3 Å². The van der Waals surface area contributed by atoms with Crippen LogP contribution in [0.5, 0.6) is 0 Å². The van der Waals surface area contributed by atoms with Crippen LogP contribution in [-0.4, -0.2) is 0 Å². The largest absolute Gasteiger partial charge is 0.397 e. The van der Waals surface area contributed by atoms with E-state index in [9.17, 15) is 0 Å². The molecule has 5 N–H and O–H groups in total. The highest BCUT2D eigenvalue weighted by atomic mass is 15.2. The Morgan fingerprint density at radius 1 is 1.33 bits per heavy atom. The monoisotopic (exact) mass is 165 g/mol. The quantitative estimate of drug-likeness (QED) is 0.355. The molecule has 0 saturated heterocycles. The predicted molar refractivity (Wildman–Crippen MR) is 52.8 cm³/mol. The molecule has 0 aliphatic carbocycles. The lowest BCUT2D eigenvalue weighted by Gasteiger charge is -2.09. The fraction of sp³-hybridized carbons (Fsp3) is 0.333. The third kappa shape index (κ3) is 1.68. The molecular weight excluding hydrogens is 150 g/mol. The van der Waals surface area contributed by atoms with E-state index in [1.807, 2.05) is 18.2 Å². The Bertz CT molecular complexity index is 268. The molecule has 0 aliphatic rings. The molecule has 0 aliphatic heterocycles. The molecule has 0 radical (unpaired) electrons. The first kappa shape index (κ1) is 8.87. The summed E-state index contributed by atoms with van der Waals surface area (Å²) in [6.45, 7) is 4.26. The average molecular weight is 165 g/mol. The normalized spacial score (nSPS) is 10.3. The van der Waals surface area contributed by atoms with Crippen LogP contribution in [0.25, 0.3) is 0 Å². The molecule has 1 aromatic carbocycles. The molecule has 3 heteroatoms. The summed E-state index contributed by atoms with van der Waals surface area (Å²) in [5, 5.41) is 0. The van der Waals surface area contributed by atoms with Crippen molar-refractivity contribution >= 4 is 11.4 Å². The van der Waals surface area contributed by atoms with Gasteiger partial charge < -0.3 is 11.2 Å². The highest BCUT2D eigenvalue weighted by Crippen LogP contribution is 2.23. The van der Waals surface area contributed by atoms with Crippen LogP contribution in [0, 0.1) is 0 Å². The summed E-state index contributed by atoms with van der Waals surface area (Å²) in [7, 11) is 0. The van der Waals surface area contributed by atoms with Gasteiger partial charge in [0.05, 0.1) is 11.4 Å². The van der Waals surface area contributed by atoms with Gasteiger partial charge in [-0.2, -0.15) is 0 Å². The molecule has 0 amide bonds. The minimum absolute atomic E-state index is 0.499. The van der Waals surface area contributed by atoms with Crippen molar-refractivity contribution in [3.63, 3.8) is 0 Å². The summed E-state index contributed by atoms with van der Waals surface area (Å²) in [6.07, 6.45) is 0. The number of anilines is 2. The Kier molecular flexibility index (Phi) is 2.55. The van der Waals surface area contributed by atoms with Crippen LogP contribution in [-0.2, 0) is 0 Å². The molecule has 1 aromatic rings. The summed E-state index contributed by atoms with van der Waals surface area (Å²) in [5.74, 6) is 5.75. The Morgan fingerprint density at radius 2 is 2.00 bits per heavy atom. The van der Waals surface area contributed by atoms with Gasteiger partial charge in [-0.1, -0.05) is 19.9 Å². The number of nitrogens with one attached hydrogen (secondary N) is 1. The summed E-state index contributed by atoms with van der Waals surface area (Å²) in [6, 6.07) is 5.86. The van der Waals surface area contributed by atoms with Crippen molar-refractivity contribution < 1.29 is 0 Å². The number of hydrazine groups is 1. The van der Waals surface area contributed by atoms with Crippen LogP contribution in [0.15, 0.2) is 18.2 Å². The lowest BCUT2D eigenvalue weighted by atomic mass is 10.0. The van der Waals surface area contributed by atoms with Crippen LogP contribution in [0.3, 0.4) is 0 Å². The molecule has 0 spiro atoms. The number of hydrogen-bond acceptors (Lipinski definition) is 3. The zero-order valence-electron chi connectivity index (χ0n) is 7.46. The van der Waals surface area contributed by atoms with Gasteiger partial charge in [-0.15, -0.1) is 0 Å². The number of hydrogen-bond donors (Lipinski definition) is 3. The fourth-order valence-electron chi connectivity index (χ4n) is 1.07. The van der Waals surface area contributed by atoms with Crippen LogP contribution in [0.4, 0.5) is 11.4 Å². The van der Waals surface area contributed by atoms with E-state index in [1.165, 1.54) is 5.56 Å². The fourth-order valence-corrected chi connectivity index (χ4v) is 1.07. The summed E-state index contributed by atoms with van der Waals surface area (Å²) in [5.41, 5.74) is 11.0. The smallest absolute Gasteiger partial charge is 0.0716 e. The van der Waals surface area contributed by atoms with E-state index in [2.05, 4.69) is 19.3 Å². The lowest BCUT2D eigenvalue weighted by Crippen LogP contribution is -2.09. The Labute approximate surface area is 72.7 Å². The van der Waals surface area contributed by atoms with Gasteiger partial charge in [-0.25, -0.2) is 0 Å². The van der Waals surface area contributed by atoms with Crippen LogP contribution < -0.4 is 17.0 Å². The summed E-state index contributed by atoms with van der Waals surface area (Å²) >= 11 is 0. The topological polar surface area (TPSA) is 64.1 Å². The molecule has 0 saturated carbocycles. The minimum Gasteiger partial charge on any atom is -0.397 e. The van der Waals surface area contributed by atoms with Gasteiger partial charge in [-0.05, 0) is 23.6 Å². The molecule has 1 rings (SSSR count). The molecule has 0 heterocycles. The molecular formula is C9H15N3. The second kappa shape index (κ2) is 3.45. The Morgan fingerprint density at radius 3 is 2.42 bits per heavy atom. The Balaban J connectivity index is 3.02. The van der Waals surface area contributed by atoms with Crippen LogP contribution >= 0.6 is 0 Å². The first-order chi connectivity index (χ1) is 5.65. The van der Waals surface area contributed by atoms with Crippen molar-refractivity contribution in [2.45, 2.75) is 19.8 Å². The molecule has 0 atom stereocenters. The van der Waals surface area contributed by atoms with E-state index < -0.39 is 0 Å². The van der Waals surface area contributed by atoms with E-state index in [-0.39, 0.29) is 0 Å². The highest BCUT2D eigenvalue weighted by Gasteiger charge is 2.01. The van der Waals surface area contributed by atoms with Crippen molar-refractivity contribution in [3.05, 3.63) is 23.8 Å². The summed E-state index contributed by atoms with van der Waals surface area (Å²) < 4.78 is 0. The van der Waals surface area contributed by atoms with E-state index in [1.54, 1.807) is 0 Å². The number of nitrogen functional groups attached to an aromatic ring is 2. The van der Waals surface area contributed by atoms with Crippen molar-refractivity contribution in [3.8, 4) is 0 Å². The van der Waals surface area contributed by atoms with Gasteiger partial charge in [0, 0.05) is 0 Å². The van der Waals surface area contributed by atoms with Crippen LogP contribution in [0.2, 0.25) is 0 Å². The maximum absolute atomic E-state index is 5.73. The van der Waals surface area contributed by atoms with Gasteiger partial charge >= 0.3 is 0 Å². The van der Waals surface area contributed by atoms with Gasteiger partial charge in [-0.3, -0.25) is 5.84 Å². The molecule has 0 bridgehead atoms. The van der Waals surface area contributed by atoms with E-state index in [0.717, 1.165) is 5.69 Å². The van der Waals surface area contributed by atoms with Gasteiger partial charge in [0.1, 0.15) is 0 Å². The van der Waals surface area contributed by atoms with Crippen molar-refractivity contribution in [2.24, 2.45) is 5.84 Å². The van der Waals surface area contributed by atoms with Gasteiger partial charge in [0.2, 0.25) is 0 Å². The Hall–Kier alpha value is -1.22. The van der Waals surface area contributed by atoms with E-state index in [0.29, 0.717) is 11.6 Å². The molecule has 0 aromatic heterocycles. The molecule has 0 unspecified atom stereocenters. The number of benzene rings is 1.